The highest BCUT2D eigenvalue weighted by molar-refractivity contribution is 5.91. The van der Waals surface area contributed by atoms with E-state index in [1.807, 2.05) is 111 Å². The van der Waals surface area contributed by atoms with Gasteiger partial charge in [0.15, 0.2) is 0 Å². The van der Waals surface area contributed by atoms with Crippen LogP contribution in [0.15, 0.2) is 115 Å². The lowest BCUT2D eigenvalue weighted by Crippen LogP contribution is -2.32. The summed E-state index contributed by atoms with van der Waals surface area (Å²) in [5, 5.41) is 0. The number of anilines is 2. The maximum atomic E-state index is 13.3. The second-order valence-electron chi connectivity index (χ2n) is 13.9. The second-order valence-corrected chi connectivity index (χ2v) is 13.9. The van der Waals surface area contributed by atoms with Crippen LogP contribution in [0.4, 0.5) is 21.0 Å². The maximum Gasteiger partial charge on any atom is 0.413 e. The molecule has 0 saturated carbocycles. The van der Waals surface area contributed by atoms with E-state index in [1.165, 1.54) is 28.0 Å². The number of nitrogens with zero attached hydrogens (tertiary/aromatic N) is 5. The van der Waals surface area contributed by atoms with Crippen molar-refractivity contribution in [2.75, 3.05) is 65.8 Å². The van der Waals surface area contributed by atoms with Crippen molar-refractivity contribution in [2.45, 2.75) is 26.2 Å². The molecule has 0 atom stereocenters. The van der Waals surface area contributed by atoms with Crippen LogP contribution in [0, 0.1) is 0 Å². The van der Waals surface area contributed by atoms with Crippen LogP contribution in [-0.4, -0.2) is 94.9 Å². The van der Waals surface area contributed by atoms with Crippen LogP contribution in [0.5, 0.6) is 11.5 Å². The van der Waals surface area contributed by atoms with E-state index in [0.29, 0.717) is 11.5 Å². The molecule has 0 aliphatic carbocycles. The second kappa shape index (κ2) is 21.5. The highest BCUT2D eigenvalue weighted by Gasteiger charge is 2.21. The molecule has 314 valence electrons. The van der Waals surface area contributed by atoms with Crippen molar-refractivity contribution in [3.05, 3.63) is 149 Å². The third kappa shape index (κ3) is 12.9. The number of carbonyl (C=O) groups excluding carboxylic acids is 4. The number of ether oxygens (including phenoxy) is 6. The van der Waals surface area contributed by atoms with Crippen LogP contribution < -0.4 is 19.3 Å². The largest absolute Gasteiger partial charge is 0.497 e. The number of carbonyl (C=O) groups is 4. The summed E-state index contributed by atoms with van der Waals surface area (Å²) in [7, 11) is 10.9. The first-order valence-electron chi connectivity index (χ1n) is 18.9. The molecule has 0 spiro atoms. The van der Waals surface area contributed by atoms with Gasteiger partial charge in [0.1, 0.15) is 22.9 Å². The molecule has 5 rings (SSSR count). The number of amides is 2. The Bertz CT molecular complexity index is 2030. The minimum absolute atomic E-state index is 0.207. The topological polar surface area (TPSA) is 150 Å². The number of benzene rings is 4. The summed E-state index contributed by atoms with van der Waals surface area (Å²) in [6, 6.07) is 34.1. The molecule has 0 aliphatic heterocycles. The molecular formula is C45H49N5O10. The number of methoxy groups -OCH3 is 2. The molecule has 2 amide bonds. The Hall–Kier alpha value is -7.29. The van der Waals surface area contributed by atoms with Gasteiger partial charge < -0.3 is 38.2 Å². The lowest BCUT2D eigenvalue weighted by Gasteiger charge is -2.23. The molecule has 0 unspecified atom stereocenters. The summed E-state index contributed by atoms with van der Waals surface area (Å²) in [5.74, 6) is -0.541. The van der Waals surface area contributed by atoms with E-state index >= 15 is 0 Å². The van der Waals surface area contributed by atoms with Crippen molar-refractivity contribution >= 4 is 35.5 Å². The van der Waals surface area contributed by atoms with Gasteiger partial charge in [-0.15, -0.1) is 0 Å². The molecule has 0 fully saturated rings. The molecule has 15 nitrogen and oxygen atoms in total. The molecule has 0 radical (unpaired) electrons. The van der Waals surface area contributed by atoms with Crippen LogP contribution in [0.25, 0.3) is 0 Å². The Balaban J connectivity index is 1.15. The Kier molecular flexibility index (Phi) is 15.7. The van der Waals surface area contributed by atoms with Gasteiger partial charge in [0.05, 0.1) is 14.2 Å². The van der Waals surface area contributed by atoms with Crippen LogP contribution in [0.1, 0.15) is 43.2 Å². The zero-order valence-electron chi connectivity index (χ0n) is 34.5. The maximum absolute atomic E-state index is 13.3. The van der Waals surface area contributed by atoms with Crippen molar-refractivity contribution in [1.82, 2.24) is 14.8 Å². The average molecular weight is 820 g/mol. The van der Waals surface area contributed by atoms with E-state index in [2.05, 4.69) is 4.98 Å². The molecule has 0 N–H and O–H groups in total. The van der Waals surface area contributed by atoms with Crippen molar-refractivity contribution in [3.8, 4) is 11.5 Å². The highest BCUT2D eigenvalue weighted by atomic mass is 16.7. The van der Waals surface area contributed by atoms with E-state index in [1.54, 1.807) is 38.5 Å². The summed E-state index contributed by atoms with van der Waals surface area (Å²) >= 11 is 0. The molecule has 1 heterocycles. The molecule has 15 heteroatoms. The van der Waals surface area contributed by atoms with Crippen LogP contribution in [0.3, 0.4) is 0 Å². The Morgan fingerprint density at radius 1 is 0.450 bits per heavy atom. The van der Waals surface area contributed by atoms with E-state index in [4.69, 9.17) is 28.4 Å². The minimum atomic E-state index is -0.947. The Morgan fingerprint density at radius 2 is 0.767 bits per heavy atom. The van der Waals surface area contributed by atoms with Crippen LogP contribution in [-0.2, 0) is 45.1 Å². The first-order chi connectivity index (χ1) is 28.9. The predicted molar refractivity (Wildman–Crippen MR) is 224 cm³/mol. The summed E-state index contributed by atoms with van der Waals surface area (Å²) in [6.45, 7) is -0.569. The van der Waals surface area contributed by atoms with Gasteiger partial charge in [-0.1, -0.05) is 54.6 Å². The highest BCUT2D eigenvalue weighted by Crippen LogP contribution is 2.20. The molecular weight excluding hydrogens is 771 g/mol. The average Bonchev–Trinajstić information content (AvgIpc) is 3.26. The van der Waals surface area contributed by atoms with Gasteiger partial charge in [-0.05, 0) is 82.9 Å². The van der Waals surface area contributed by atoms with Gasteiger partial charge in [0.2, 0.25) is 13.6 Å². The van der Waals surface area contributed by atoms with Crippen molar-refractivity contribution in [2.24, 2.45) is 0 Å². The van der Waals surface area contributed by atoms with E-state index in [9.17, 15) is 19.2 Å². The van der Waals surface area contributed by atoms with E-state index < -0.39 is 37.7 Å². The first kappa shape index (κ1) is 43.8. The van der Waals surface area contributed by atoms with Gasteiger partial charge in [-0.2, -0.15) is 0 Å². The van der Waals surface area contributed by atoms with E-state index in [0.717, 1.165) is 33.6 Å². The lowest BCUT2D eigenvalue weighted by molar-refractivity contribution is -0.0140. The predicted octanol–water partition coefficient (Wildman–Crippen LogP) is 7.14. The lowest BCUT2D eigenvalue weighted by atomic mass is 10.1. The Morgan fingerprint density at radius 3 is 1.07 bits per heavy atom. The quantitative estimate of drug-likeness (QED) is 0.0652. The monoisotopic (exact) mass is 819 g/mol. The number of esters is 2. The fourth-order valence-corrected chi connectivity index (χ4v) is 5.77. The summed E-state index contributed by atoms with van der Waals surface area (Å²) in [6.07, 6.45) is -1.44. The third-order valence-corrected chi connectivity index (χ3v) is 9.15. The standard InChI is InChI=1S/C45H49N5O10/c1-47(2)36-18-10-32(11-19-36)26-49(28-34-14-22-38(55-5)23-15-34)44(53)59-30-57-42(51)40-8-7-9-41(46-40)43(52)58-31-60-45(54)50(29-35-16-24-39(56-6)25-17-35)27-33-12-20-37(21-13-33)48(3)4/h7-25H,26-31H2,1-6H3. The first-order valence-corrected chi connectivity index (χ1v) is 18.9. The van der Waals surface area contributed by atoms with Crippen molar-refractivity contribution < 1.29 is 47.6 Å². The van der Waals surface area contributed by atoms with Crippen LogP contribution in [0.2, 0.25) is 0 Å². The summed E-state index contributed by atoms with van der Waals surface area (Å²) in [4.78, 5) is 63.4. The van der Waals surface area contributed by atoms with Gasteiger partial charge in [0.25, 0.3) is 0 Å². The number of pyridine rings is 1. The molecule has 0 aliphatic rings. The fraction of sp³-hybridized carbons (Fsp3) is 0.267. The van der Waals surface area contributed by atoms with Crippen molar-refractivity contribution in [3.63, 3.8) is 0 Å². The fourth-order valence-electron chi connectivity index (χ4n) is 5.77. The molecule has 60 heavy (non-hydrogen) atoms. The third-order valence-electron chi connectivity index (χ3n) is 9.15. The summed E-state index contributed by atoms with van der Waals surface area (Å²) < 4.78 is 31.6. The minimum Gasteiger partial charge on any atom is -0.497 e. The van der Waals surface area contributed by atoms with Crippen LogP contribution >= 0.6 is 0 Å². The van der Waals surface area contributed by atoms with E-state index in [-0.39, 0.29) is 37.6 Å². The number of aromatic nitrogens is 1. The van der Waals surface area contributed by atoms with Gasteiger partial charge in [-0.3, -0.25) is 9.80 Å². The van der Waals surface area contributed by atoms with Gasteiger partial charge >= 0.3 is 24.1 Å². The smallest absolute Gasteiger partial charge is 0.413 e. The molecule has 5 aromatic rings. The van der Waals surface area contributed by atoms with Gasteiger partial charge in [0, 0.05) is 65.7 Å². The normalized spacial score (nSPS) is 10.5. The molecule has 0 saturated heterocycles. The van der Waals surface area contributed by atoms with Gasteiger partial charge in [-0.25, -0.2) is 24.2 Å². The number of hydrogen-bond acceptors (Lipinski definition) is 13. The zero-order valence-corrected chi connectivity index (χ0v) is 34.5. The SMILES string of the molecule is COc1ccc(CN(Cc2ccc(N(C)C)cc2)C(=O)OCOC(=O)c2cccc(C(=O)OCOC(=O)N(Cc3ccc(OC)cc3)Cc3ccc(N(C)C)cc3)n2)cc1. The number of hydrogen-bond donors (Lipinski definition) is 0. The molecule has 4 aromatic carbocycles. The molecule has 0 bridgehead atoms. The van der Waals surface area contributed by atoms with Crippen molar-refractivity contribution in [1.29, 1.82) is 0 Å². The number of rotatable bonds is 18. The summed E-state index contributed by atoms with van der Waals surface area (Å²) in [5.41, 5.74) is 4.92. The zero-order chi connectivity index (χ0) is 43.0. The Labute approximate surface area is 349 Å². The molecule has 1 aromatic heterocycles.